The molecule has 1 aromatic rings. The maximum absolute atomic E-state index is 5.37. The van der Waals surface area contributed by atoms with E-state index in [9.17, 15) is 0 Å². The number of hydrogen-bond donors (Lipinski definition) is 2. The highest BCUT2D eigenvalue weighted by Gasteiger charge is 1.98. The Morgan fingerprint density at radius 1 is 1.50 bits per heavy atom. The van der Waals surface area contributed by atoms with Crippen molar-refractivity contribution in [2.24, 2.45) is 0 Å². The summed E-state index contributed by atoms with van der Waals surface area (Å²) in [4.78, 5) is 3.98. The maximum atomic E-state index is 5.37. The summed E-state index contributed by atoms with van der Waals surface area (Å²) in [6.07, 6.45) is 2.04. The van der Waals surface area contributed by atoms with Gasteiger partial charge >= 0.3 is 0 Å². The molecule has 0 saturated heterocycles. The van der Waals surface area contributed by atoms with E-state index in [1.165, 1.54) is 11.5 Å². The molecule has 0 fully saturated rings. The molecule has 0 spiro atoms. The lowest BCUT2D eigenvalue weighted by atomic mass is 10.4. The van der Waals surface area contributed by atoms with Gasteiger partial charge in [-0.05, 0) is 12.8 Å². The lowest BCUT2D eigenvalue weighted by Gasteiger charge is -2.02. The fourth-order valence-corrected chi connectivity index (χ4v) is 1.44. The highest BCUT2D eigenvalue weighted by molar-refractivity contribution is 7.09. The molecular formula is C8H16N4OS. The number of ether oxygens (including phenoxy) is 1. The van der Waals surface area contributed by atoms with E-state index < -0.39 is 0 Å². The van der Waals surface area contributed by atoms with Gasteiger partial charge in [-0.2, -0.15) is 9.36 Å². The van der Waals surface area contributed by atoms with Crippen molar-refractivity contribution < 1.29 is 4.74 Å². The number of hydrogen-bond acceptors (Lipinski definition) is 6. The topological polar surface area (TPSA) is 73.1 Å². The Morgan fingerprint density at radius 3 is 3.00 bits per heavy atom. The second-order valence-corrected chi connectivity index (χ2v) is 3.60. The minimum Gasteiger partial charge on any atom is -0.381 e. The molecule has 5 nitrogen and oxygen atoms in total. The molecule has 3 N–H and O–H groups in total. The third-order valence-electron chi connectivity index (χ3n) is 1.53. The zero-order chi connectivity index (χ0) is 10.2. The Kier molecular flexibility index (Phi) is 5.24. The van der Waals surface area contributed by atoms with Crippen LogP contribution in [0, 0.1) is 0 Å². The van der Waals surface area contributed by atoms with Gasteiger partial charge < -0.3 is 15.8 Å². The fraction of sp³-hybridized carbons (Fsp3) is 0.750. The molecule has 0 amide bonds. The van der Waals surface area contributed by atoms with Crippen molar-refractivity contribution in [2.45, 2.75) is 19.8 Å². The van der Waals surface area contributed by atoms with E-state index in [1.807, 2.05) is 0 Å². The highest BCUT2D eigenvalue weighted by Crippen LogP contribution is 2.11. The predicted octanol–water partition coefficient (Wildman–Crippen LogP) is 1.35. The largest absolute Gasteiger partial charge is 0.381 e. The third-order valence-corrected chi connectivity index (χ3v) is 2.22. The highest BCUT2D eigenvalue weighted by atomic mass is 32.1. The van der Waals surface area contributed by atoms with Crippen LogP contribution in [0.3, 0.4) is 0 Å². The van der Waals surface area contributed by atoms with Gasteiger partial charge in [0.1, 0.15) is 0 Å². The summed E-state index contributed by atoms with van der Waals surface area (Å²) in [6.45, 7) is 4.57. The first-order chi connectivity index (χ1) is 6.83. The molecule has 1 aromatic heterocycles. The van der Waals surface area contributed by atoms with Gasteiger partial charge in [0.2, 0.25) is 11.1 Å². The van der Waals surface area contributed by atoms with Gasteiger partial charge in [0.25, 0.3) is 0 Å². The van der Waals surface area contributed by atoms with E-state index in [1.54, 1.807) is 0 Å². The van der Waals surface area contributed by atoms with E-state index in [0.29, 0.717) is 5.95 Å². The molecule has 0 aromatic carbocycles. The first-order valence-corrected chi connectivity index (χ1v) is 5.51. The van der Waals surface area contributed by atoms with Crippen molar-refractivity contribution in [1.82, 2.24) is 9.36 Å². The molecule has 0 saturated carbocycles. The van der Waals surface area contributed by atoms with Gasteiger partial charge in [0.15, 0.2) is 0 Å². The van der Waals surface area contributed by atoms with Gasteiger partial charge in [0.05, 0.1) is 0 Å². The molecule has 0 aliphatic carbocycles. The van der Waals surface area contributed by atoms with Gasteiger partial charge in [-0.15, -0.1) is 0 Å². The molecule has 0 atom stereocenters. The second kappa shape index (κ2) is 6.56. The molecule has 0 unspecified atom stereocenters. The first-order valence-electron chi connectivity index (χ1n) is 4.73. The Balaban J connectivity index is 1.99. The minimum atomic E-state index is 0.333. The molecular weight excluding hydrogens is 200 g/mol. The van der Waals surface area contributed by atoms with Crippen LogP contribution < -0.4 is 11.1 Å². The van der Waals surface area contributed by atoms with Crippen LogP contribution in [0.15, 0.2) is 0 Å². The van der Waals surface area contributed by atoms with E-state index in [4.69, 9.17) is 10.5 Å². The maximum Gasteiger partial charge on any atom is 0.233 e. The molecule has 0 aliphatic heterocycles. The van der Waals surface area contributed by atoms with Crippen LogP contribution in [0.5, 0.6) is 0 Å². The van der Waals surface area contributed by atoms with Gasteiger partial charge in [0, 0.05) is 31.3 Å². The fourth-order valence-electron chi connectivity index (χ4n) is 0.923. The van der Waals surface area contributed by atoms with Gasteiger partial charge in [-0.3, -0.25) is 0 Å². The number of anilines is 2. The molecule has 1 heterocycles. The first kappa shape index (κ1) is 11.2. The predicted molar refractivity (Wildman–Crippen MR) is 58.5 cm³/mol. The summed E-state index contributed by atoms with van der Waals surface area (Å²) in [5, 5.41) is 3.90. The Bertz CT molecular complexity index is 253. The van der Waals surface area contributed by atoms with Gasteiger partial charge in [-0.1, -0.05) is 6.92 Å². The lowest BCUT2D eigenvalue weighted by Crippen LogP contribution is -2.05. The van der Waals surface area contributed by atoms with Crippen LogP contribution in [0.2, 0.25) is 0 Å². The second-order valence-electron chi connectivity index (χ2n) is 2.85. The van der Waals surface area contributed by atoms with E-state index in [2.05, 4.69) is 21.6 Å². The van der Waals surface area contributed by atoms with Crippen LogP contribution in [0.4, 0.5) is 11.1 Å². The van der Waals surface area contributed by atoms with E-state index in [-0.39, 0.29) is 0 Å². The van der Waals surface area contributed by atoms with Crippen LogP contribution in [-0.2, 0) is 4.74 Å². The molecule has 6 heteroatoms. The smallest absolute Gasteiger partial charge is 0.233 e. The molecule has 0 aliphatic rings. The standard InChI is InChI=1S/C8H16N4OS/c1-2-5-13-6-3-4-10-8-11-7(9)12-14-8/h2-6H2,1H3,(H3,9,10,11,12). The summed E-state index contributed by atoms with van der Waals surface area (Å²) in [7, 11) is 0. The van der Waals surface area contributed by atoms with Gasteiger partial charge in [-0.25, -0.2) is 0 Å². The number of nitrogens with two attached hydrogens (primary N) is 1. The third kappa shape index (κ3) is 4.38. The molecule has 1 rings (SSSR count). The lowest BCUT2D eigenvalue weighted by molar-refractivity contribution is 0.134. The number of rotatable bonds is 7. The summed E-state index contributed by atoms with van der Waals surface area (Å²) in [6, 6.07) is 0. The molecule has 0 radical (unpaired) electrons. The molecule has 14 heavy (non-hydrogen) atoms. The van der Waals surface area contributed by atoms with Crippen LogP contribution in [0.1, 0.15) is 19.8 Å². The average Bonchev–Trinajstić information content (AvgIpc) is 2.58. The van der Waals surface area contributed by atoms with E-state index >= 15 is 0 Å². The number of nitrogens with one attached hydrogen (secondary N) is 1. The van der Waals surface area contributed by atoms with Crippen molar-refractivity contribution in [2.75, 3.05) is 30.8 Å². The summed E-state index contributed by atoms with van der Waals surface area (Å²) in [5.41, 5.74) is 5.37. The zero-order valence-electron chi connectivity index (χ0n) is 8.32. The van der Waals surface area contributed by atoms with E-state index in [0.717, 1.165) is 37.7 Å². The monoisotopic (exact) mass is 216 g/mol. The van der Waals surface area contributed by atoms with Crippen LogP contribution in [-0.4, -0.2) is 29.1 Å². The normalized spacial score (nSPS) is 10.4. The van der Waals surface area contributed by atoms with Crippen molar-refractivity contribution >= 4 is 22.6 Å². The zero-order valence-corrected chi connectivity index (χ0v) is 9.14. The summed E-state index contributed by atoms with van der Waals surface area (Å²) >= 11 is 1.28. The van der Waals surface area contributed by atoms with Crippen molar-refractivity contribution in [3.05, 3.63) is 0 Å². The minimum absolute atomic E-state index is 0.333. The molecule has 0 bridgehead atoms. The number of nitrogens with zero attached hydrogens (tertiary/aromatic N) is 2. The van der Waals surface area contributed by atoms with Crippen LogP contribution in [0.25, 0.3) is 0 Å². The van der Waals surface area contributed by atoms with Crippen LogP contribution >= 0.6 is 11.5 Å². The summed E-state index contributed by atoms with van der Waals surface area (Å²) < 4.78 is 9.19. The Morgan fingerprint density at radius 2 is 2.36 bits per heavy atom. The average molecular weight is 216 g/mol. The number of aromatic nitrogens is 2. The van der Waals surface area contributed by atoms with Crippen molar-refractivity contribution in [1.29, 1.82) is 0 Å². The number of nitrogen functional groups attached to an aromatic ring is 1. The SMILES string of the molecule is CCCOCCCNc1nc(N)ns1. The quantitative estimate of drug-likeness (QED) is 0.673. The van der Waals surface area contributed by atoms with Crippen molar-refractivity contribution in [3.8, 4) is 0 Å². The van der Waals surface area contributed by atoms with Crippen molar-refractivity contribution in [3.63, 3.8) is 0 Å². The Hall–Kier alpha value is -0.880. The molecule has 80 valence electrons. The Labute approximate surface area is 87.8 Å². The summed E-state index contributed by atoms with van der Waals surface area (Å²) in [5.74, 6) is 0.333.